The molecule has 0 unspecified atom stereocenters. The molecule has 1 rings (SSSR count). The van der Waals surface area contributed by atoms with E-state index in [2.05, 4.69) is 9.46 Å². The maximum Gasteiger partial charge on any atom is 0.324 e. The highest BCUT2D eigenvalue weighted by atomic mass is 32.2. The summed E-state index contributed by atoms with van der Waals surface area (Å²) in [5.41, 5.74) is 5.22. The molecular formula is C15H22N2O5S. The zero-order chi connectivity index (χ0) is 18.0. The van der Waals surface area contributed by atoms with Crippen molar-refractivity contribution in [2.75, 3.05) is 7.11 Å². The third-order valence-electron chi connectivity index (χ3n) is 3.36. The van der Waals surface area contributed by atoms with Gasteiger partial charge < -0.3 is 10.5 Å². The number of sulfonamides is 1. The van der Waals surface area contributed by atoms with Gasteiger partial charge in [0.05, 0.1) is 12.0 Å². The number of rotatable bonds is 5. The van der Waals surface area contributed by atoms with Crippen LogP contribution in [-0.2, 0) is 19.6 Å². The molecule has 7 nitrogen and oxygen atoms in total. The van der Waals surface area contributed by atoms with Crippen molar-refractivity contribution in [3.05, 3.63) is 29.3 Å². The average molecular weight is 342 g/mol. The number of hydrogen-bond donors (Lipinski definition) is 2. The quantitative estimate of drug-likeness (QED) is 0.773. The van der Waals surface area contributed by atoms with Crippen LogP contribution in [0.4, 0.5) is 0 Å². The molecule has 0 aliphatic rings. The first kappa shape index (κ1) is 19.1. The first-order valence-electron chi connectivity index (χ1n) is 6.90. The van der Waals surface area contributed by atoms with Gasteiger partial charge in [-0.25, -0.2) is 8.42 Å². The van der Waals surface area contributed by atoms with E-state index in [0.29, 0.717) is 5.56 Å². The summed E-state index contributed by atoms with van der Waals surface area (Å²) in [5, 5.41) is 0. The molecule has 23 heavy (non-hydrogen) atoms. The van der Waals surface area contributed by atoms with Gasteiger partial charge in [0.2, 0.25) is 15.9 Å². The Morgan fingerprint density at radius 3 is 2.26 bits per heavy atom. The summed E-state index contributed by atoms with van der Waals surface area (Å²) >= 11 is 0. The number of carbonyl (C=O) groups excluding carboxylic acids is 2. The maximum absolute atomic E-state index is 12.5. The SMILES string of the molecule is COC(=O)[C@@H](NS(=O)(=O)c1ccc(C)c(C(N)=O)c1)C(C)(C)C. The first-order valence-corrected chi connectivity index (χ1v) is 8.39. The Balaban J connectivity index is 3.28. The van der Waals surface area contributed by atoms with Gasteiger partial charge in [-0.1, -0.05) is 26.8 Å². The number of ether oxygens (including phenoxy) is 1. The van der Waals surface area contributed by atoms with Crippen LogP contribution >= 0.6 is 0 Å². The zero-order valence-electron chi connectivity index (χ0n) is 13.8. The van der Waals surface area contributed by atoms with E-state index >= 15 is 0 Å². The van der Waals surface area contributed by atoms with E-state index in [1.807, 2.05) is 0 Å². The summed E-state index contributed by atoms with van der Waals surface area (Å²) in [6.07, 6.45) is 0. The molecule has 0 saturated heterocycles. The minimum atomic E-state index is -4.03. The van der Waals surface area contributed by atoms with Gasteiger partial charge in [0.15, 0.2) is 0 Å². The van der Waals surface area contributed by atoms with Crippen molar-refractivity contribution in [3.63, 3.8) is 0 Å². The highest BCUT2D eigenvalue weighted by Crippen LogP contribution is 2.23. The van der Waals surface area contributed by atoms with Crippen molar-refractivity contribution in [1.29, 1.82) is 0 Å². The molecule has 0 bridgehead atoms. The van der Waals surface area contributed by atoms with E-state index in [-0.39, 0.29) is 10.5 Å². The minimum absolute atomic E-state index is 0.109. The molecule has 3 N–H and O–H groups in total. The van der Waals surface area contributed by atoms with Crippen LogP contribution in [0.2, 0.25) is 0 Å². The summed E-state index contributed by atoms with van der Waals surface area (Å²) in [6.45, 7) is 6.78. The second-order valence-electron chi connectivity index (χ2n) is 6.28. The van der Waals surface area contributed by atoms with Crippen LogP contribution in [0.25, 0.3) is 0 Å². The van der Waals surface area contributed by atoms with E-state index in [1.165, 1.54) is 25.3 Å². The van der Waals surface area contributed by atoms with Crippen molar-refractivity contribution in [2.24, 2.45) is 11.1 Å². The van der Waals surface area contributed by atoms with Crippen LogP contribution in [0.15, 0.2) is 23.1 Å². The van der Waals surface area contributed by atoms with Crippen molar-refractivity contribution in [2.45, 2.75) is 38.6 Å². The lowest BCUT2D eigenvalue weighted by Gasteiger charge is -2.28. The Bertz CT molecular complexity index is 720. The van der Waals surface area contributed by atoms with Gasteiger partial charge in [0.1, 0.15) is 6.04 Å². The van der Waals surface area contributed by atoms with Crippen molar-refractivity contribution in [3.8, 4) is 0 Å². The Hall–Kier alpha value is -1.93. The second kappa shape index (κ2) is 6.67. The molecule has 0 aliphatic heterocycles. The Labute approximate surface area is 136 Å². The van der Waals surface area contributed by atoms with Crippen molar-refractivity contribution in [1.82, 2.24) is 4.72 Å². The van der Waals surface area contributed by atoms with Gasteiger partial charge in [0, 0.05) is 5.56 Å². The molecule has 8 heteroatoms. The molecule has 1 atom stereocenters. The van der Waals surface area contributed by atoms with Gasteiger partial charge in [-0.2, -0.15) is 4.72 Å². The molecule has 1 aromatic carbocycles. The smallest absolute Gasteiger partial charge is 0.324 e. The van der Waals surface area contributed by atoms with E-state index in [1.54, 1.807) is 27.7 Å². The molecule has 0 saturated carbocycles. The van der Waals surface area contributed by atoms with Gasteiger partial charge in [-0.05, 0) is 30.0 Å². The van der Waals surface area contributed by atoms with Gasteiger partial charge in [-0.15, -0.1) is 0 Å². The van der Waals surface area contributed by atoms with Crippen LogP contribution in [0, 0.1) is 12.3 Å². The zero-order valence-corrected chi connectivity index (χ0v) is 14.7. The average Bonchev–Trinajstić information content (AvgIpc) is 2.42. The molecule has 0 fully saturated rings. The van der Waals surface area contributed by atoms with Crippen LogP contribution in [0.1, 0.15) is 36.7 Å². The van der Waals surface area contributed by atoms with E-state index < -0.39 is 33.4 Å². The molecule has 0 radical (unpaired) electrons. The van der Waals surface area contributed by atoms with Crippen LogP contribution in [0.3, 0.4) is 0 Å². The summed E-state index contributed by atoms with van der Waals surface area (Å²) in [4.78, 5) is 23.1. The predicted octanol–water partition coefficient (Wildman–Crippen LogP) is 0.960. The van der Waals surface area contributed by atoms with Crippen LogP contribution < -0.4 is 10.5 Å². The Kier molecular flexibility index (Phi) is 5.55. The monoisotopic (exact) mass is 342 g/mol. The normalized spacial score (nSPS) is 13.4. The van der Waals surface area contributed by atoms with E-state index in [4.69, 9.17) is 5.73 Å². The summed E-state index contributed by atoms with van der Waals surface area (Å²) in [6, 6.07) is 2.95. The number of aryl methyl sites for hydroxylation is 1. The Morgan fingerprint density at radius 1 is 1.26 bits per heavy atom. The number of hydrogen-bond acceptors (Lipinski definition) is 5. The number of primary amides is 1. The molecule has 128 valence electrons. The van der Waals surface area contributed by atoms with Crippen LogP contribution in [-0.4, -0.2) is 33.4 Å². The fraction of sp³-hybridized carbons (Fsp3) is 0.467. The largest absolute Gasteiger partial charge is 0.468 e. The highest BCUT2D eigenvalue weighted by Gasteiger charge is 2.36. The number of methoxy groups -OCH3 is 1. The van der Waals surface area contributed by atoms with Crippen molar-refractivity contribution >= 4 is 21.9 Å². The molecular weight excluding hydrogens is 320 g/mol. The predicted molar refractivity (Wildman–Crippen MR) is 85.3 cm³/mol. The molecule has 0 aromatic heterocycles. The minimum Gasteiger partial charge on any atom is -0.468 e. The van der Waals surface area contributed by atoms with E-state index in [0.717, 1.165) is 0 Å². The maximum atomic E-state index is 12.5. The second-order valence-corrected chi connectivity index (χ2v) is 8.00. The first-order chi connectivity index (χ1) is 10.4. The summed E-state index contributed by atoms with van der Waals surface area (Å²) in [5.74, 6) is -1.41. The molecule has 0 spiro atoms. The standard InChI is InChI=1S/C15H22N2O5S/c1-9-6-7-10(8-11(9)13(16)18)23(20,21)17-12(14(19)22-5)15(2,3)4/h6-8,12,17H,1-5H3,(H2,16,18)/t12-/m1/s1. The fourth-order valence-electron chi connectivity index (χ4n) is 1.95. The summed E-state index contributed by atoms with van der Waals surface area (Å²) < 4.78 is 32.0. The number of nitrogens with one attached hydrogen (secondary N) is 1. The fourth-order valence-corrected chi connectivity index (χ4v) is 3.37. The van der Waals surface area contributed by atoms with Gasteiger partial charge >= 0.3 is 5.97 Å². The van der Waals surface area contributed by atoms with E-state index in [9.17, 15) is 18.0 Å². The lowest BCUT2D eigenvalue weighted by atomic mass is 9.87. The number of esters is 1. The molecule has 0 aliphatic carbocycles. The third-order valence-corrected chi connectivity index (χ3v) is 4.78. The lowest BCUT2D eigenvalue weighted by molar-refractivity contribution is -0.145. The van der Waals surface area contributed by atoms with Crippen molar-refractivity contribution < 1.29 is 22.7 Å². The molecule has 1 amide bonds. The number of benzene rings is 1. The van der Waals surface area contributed by atoms with Crippen LogP contribution in [0.5, 0.6) is 0 Å². The lowest BCUT2D eigenvalue weighted by Crippen LogP contribution is -2.49. The summed E-state index contributed by atoms with van der Waals surface area (Å²) in [7, 11) is -2.84. The number of nitrogens with two attached hydrogens (primary N) is 1. The van der Waals surface area contributed by atoms with Gasteiger partial charge in [-0.3, -0.25) is 9.59 Å². The highest BCUT2D eigenvalue weighted by molar-refractivity contribution is 7.89. The molecule has 1 aromatic rings. The topological polar surface area (TPSA) is 116 Å². The third kappa shape index (κ3) is 4.52. The Morgan fingerprint density at radius 2 is 1.83 bits per heavy atom. The van der Waals surface area contributed by atoms with Gasteiger partial charge in [0.25, 0.3) is 0 Å². The molecule has 0 heterocycles. The number of amides is 1. The number of carbonyl (C=O) groups is 2.